The standard InChI is InChI=1S/C11H18N4/c1-8-9(2)14-11(6-13-8)15-4-3-10(5-12)7-15/h6,10H,3-5,7,12H2,1-2H3. The zero-order chi connectivity index (χ0) is 10.8. The fourth-order valence-corrected chi connectivity index (χ4v) is 1.92. The van der Waals surface area contributed by atoms with Crippen LogP contribution in [0.2, 0.25) is 0 Å². The summed E-state index contributed by atoms with van der Waals surface area (Å²) in [5.41, 5.74) is 7.69. The molecule has 2 N–H and O–H groups in total. The molecule has 0 saturated carbocycles. The number of rotatable bonds is 2. The van der Waals surface area contributed by atoms with E-state index in [2.05, 4.69) is 14.9 Å². The minimum absolute atomic E-state index is 0.619. The Hall–Kier alpha value is -1.16. The lowest BCUT2D eigenvalue weighted by Gasteiger charge is -2.17. The molecule has 4 heteroatoms. The Morgan fingerprint density at radius 1 is 1.47 bits per heavy atom. The summed E-state index contributed by atoms with van der Waals surface area (Å²) in [6, 6.07) is 0. The van der Waals surface area contributed by atoms with Gasteiger partial charge in [0.25, 0.3) is 0 Å². The van der Waals surface area contributed by atoms with Crippen molar-refractivity contribution < 1.29 is 0 Å². The number of hydrogen-bond donors (Lipinski definition) is 1. The van der Waals surface area contributed by atoms with Crippen molar-refractivity contribution in [1.82, 2.24) is 9.97 Å². The summed E-state index contributed by atoms with van der Waals surface area (Å²) in [4.78, 5) is 11.2. The van der Waals surface area contributed by atoms with E-state index in [1.54, 1.807) is 0 Å². The van der Waals surface area contributed by atoms with Gasteiger partial charge in [-0.2, -0.15) is 0 Å². The molecule has 2 heterocycles. The molecule has 0 amide bonds. The number of anilines is 1. The van der Waals surface area contributed by atoms with Gasteiger partial charge in [0, 0.05) is 13.1 Å². The predicted molar refractivity (Wildman–Crippen MR) is 60.9 cm³/mol. The third-order valence-electron chi connectivity index (χ3n) is 3.12. The largest absolute Gasteiger partial charge is 0.355 e. The molecule has 1 fully saturated rings. The molecule has 0 spiro atoms. The summed E-state index contributed by atoms with van der Waals surface area (Å²) in [6.07, 6.45) is 3.03. The molecule has 1 saturated heterocycles. The molecule has 15 heavy (non-hydrogen) atoms. The average Bonchev–Trinajstić information content (AvgIpc) is 2.70. The normalized spacial score (nSPS) is 21.0. The third kappa shape index (κ3) is 2.09. The van der Waals surface area contributed by atoms with E-state index in [0.717, 1.165) is 36.8 Å². The highest BCUT2D eigenvalue weighted by Gasteiger charge is 2.22. The summed E-state index contributed by atoms with van der Waals surface area (Å²) >= 11 is 0. The monoisotopic (exact) mass is 206 g/mol. The first-order valence-corrected chi connectivity index (χ1v) is 5.46. The Balaban J connectivity index is 2.13. The fourth-order valence-electron chi connectivity index (χ4n) is 1.92. The molecule has 1 aromatic heterocycles. The zero-order valence-electron chi connectivity index (χ0n) is 9.40. The molecule has 0 bridgehead atoms. The summed E-state index contributed by atoms with van der Waals surface area (Å²) < 4.78 is 0. The minimum Gasteiger partial charge on any atom is -0.355 e. The first kappa shape index (κ1) is 10.4. The van der Waals surface area contributed by atoms with E-state index in [1.807, 2.05) is 20.0 Å². The van der Waals surface area contributed by atoms with Gasteiger partial charge in [-0.3, -0.25) is 4.98 Å². The van der Waals surface area contributed by atoms with Gasteiger partial charge >= 0.3 is 0 Å². The average molecular weight is 206 g/mol. The van der Waals surface area contributed by atoms with Gasteiger partial charge in [-0.25, -0.2) is 4.98 Å². The van der Waals surface area contributed by atoms with Gasteiger partial charge in [0.2, 0.25) is 0 Å². The van der Waals surface area contributed by atoms with Crippen LogP contribution in [0.4, 0.5) is 5.82 Å². The van der Waals surface area contributed by atoms with Gasteiger partial charge in [0.15, 0.2) is 0 Å². The van der Waals surface area contributed by atoms with Crippen LogP contribution in [0, 0.1) is 19.8 Å². The number of aromatic nitrogens is 2. The van der Waals surface area contributed by atoms with Gasteiger partial charge in [-0.05, 0) is 32.7 Å². The van der Waals surface area contributed by atoms with Gasteiger partial charge in [-0.15, -0.1) is 0 Å². The highest BCUT2D eigenvalue weighted by atomic mass is 15.2. The van der Waals surface area contributed by atoms with Crippen molar-refractivity contribution in [2.45, 2.75) is 20.3 Å². The van der Waals surface area contributed by atoms with E-state index in [-0.39, 0.29) is 0 Å². The Morgan fingerprint density at radius 2 is 2.27 bits per heavy atom. The maximum atomic E-state index is 5.67. The van der Waals surface area contributed by atoms with E-state index in [4.69, 9.17) is 5.73 Å². The van der Waals surface area contributed by atoms with Crippen LogP contribution in [0.25, 0.3) is 0 Å². The van der Waals surface area contributed by atoms with Gasteiger partial charge < -0.3 is 10.6 Å². The predicted octanol–water partition coefficient (Wildman–Crippen LogP) is 0.878. The van der Waals surface area contributed by atoms with Gasteiger partial charge in [0.1, 0.15) is 5.82 Å². The Bertz CT molecular complexity index is 350. The number of aryl methyl sites for hydroxylation is 2. The van der Waals surface area contributed by atoms with Crippen LogP contribution in [0.3, 0.4) is 0 Å². The van der Waals surface area contributed by atoms with Crippen molar-refractivity contribution in [2.24, 2.45) is 11.7 Å². The highest BCUT2D eigenvalue weighted by Crippen LogP contribution is 2.21. The third-order valence-corrected chi connectivity index (χ3v) is 3.12. The van der Waals surface area contributed by atoms with Crippen molar-refractivity contribution in [2.75, 3.05) is 24.5 Å². The Labute approximate surface area is 90.5 Å². The smallest absolute Gasteiger partial charge is 0.147 e. The lowest BCUT2D eigenvalue weighted by Crippen LogP contribution is -2.23. The highest BCUT2D eigenvalue weighted by molar-refractivity contribution is 5.38. The molecule has 1 atom stereocenters. The first-order chi connectivity index (χ1) is 7.20. The van der Waals surface area contributed by atoms with E-state index >= 15 is 0 Å². The lowest BCUT2D eigenvalue weighted by molar-refractivity contribution is 0.602. The summed E-state index contributed by atoms with van der Waals surface area (Å²) in [5, 5.41) is 0. The quantitative estimate of drug-likeness (QED) is 0.780. The van der Waals surface area contributed by atoms with Crippen LogP contribution < -0.4 is 10.6 Å². The molecule has 0 aliphatic carbocycles. The number of nitrogens with two attached hydrogens (primary N) is 1. The second-order valence-electron chi connectivity index (χ2n) is 4.24. The van der Waals surface area contributed by atoms with Crippen LogP contribution in [0.15, 0.2) is 6.20 Å². The van der Waals surface area contributed by atoms with E-state index < -0.39 is 0 Å². The molecule has 0 radical (unpaired) electrons. The second kappa shape index (κ2) is 4.14. The zero-order valence-corrected chi connectivity index (χ0v) is 9.40. The molecule has 1 unspecified atom stereocenters. The number of nitrogens with zero attached hydrogens (tertiary/aromatic N) is 3. The minimum atomic E-state index is 0.619. The summed E-state index contributed by atoms with van der Waals surface area (Å²) in [5.74, 6) is 1.61. The molecule has 4 nitrogen and oxygen atoms in total. The Morgan fingerprint density at radius 3 is 2.87 bits per heavy atom. The SMILES string of the molecule is Cc1ncc(N2CCC(CN)C2)nc1C. The molecule has 82 valence electrons. The van der Waals surface area contributed by atoms with Crippen molar-refractivity contribution in [3.8, 4) is 0 Å². The summed E-state index contributed by atoms with van der Waals surface area (Å²) in [6.45, 7) is 6.84. The van der Waals surface area contributed by atoms with Gasteiger partial charge in [-0.1, -0.05) is 0 Å². The molecular weight excluding hydrogens is 188 g/mol. The molecule has 1 aliphatic heterocycles. The van der Waals surface area contributed by atoms with Crippen LogP contribution in [-0.2, 0) is 0 Å². The maximum absolute atomic E-state index is 5.67. The summed E-state index contributed by atoms with van der Waals surface area (Å²) in [7, 11) is 0. The van der Waals surface area contributed by atoms with Crippen LogP contribution in [0.1, 0.15) is 17.8 Å². The topological polar surface area (TPSA) is 55.0 Å². The van der Waals surface area contributed by atoms with E-state index in [9.17, 15) is 0 Å². The molecular formula is C11H18N4. The maximum Gasteiger partial charge on any atom is 0.147 e. The van der Waals surface area contributed by atoms with E-state index in [1.165, 1.54) is 6.42 Å². The molecule has 0 aromatic carbocycles. The lowest BCUT2D eigenvalue weighted by atomic mass is 10.1. The fraction of sp³-hybridized carbons (Fsp3) is 0.636. The molecule has 2 rings (SSSR count). The van der Waals surface area contributed by atoms with Crippen molar-refractivity contribution >= 4 is 5.82 Å². The number of hydrogen-bond acceptors (Lipinski definition) is 4. The van der Waals surface area contributed by atoms with Crippen molar-refractivity contribution in [3.63, 3.8) is 0 Å². The van der Waals surface area contributed by atoms with Crippen LogP contribution in [0.5, 0.6) is 0 Å². The molecule has 1 aromatic rings. The van der Waals surface area contributed by atoms with Gasteiger partial charge in [0.05, 0.1) is 17.6 Å². The van der Waals surface area contributed by atoms with E-state index in [0.29, 0.717) is 5.92 Å². The second-order valence-corrected chi connectivity index (χ2v) is 4.24. The van der Waals surface area contributed by atoms with Crippen molar-refractivity contribution in [1.29, 1.82) is 0 Å². The van der Waals surface area contributed by atoms with Crippen LogP contribution in [-0.4, -0.2) is 29.6 Å². The van der Waals surface area contributed by atoms with Crippen molar-refractivity contribution in [3.05, 3.63) is 17.6 Å². The Kier molecular flexibility index (Phi) is 2.86. The first-order valence-electron chi connectivity index (χ1n) is 5.46. The molecule has 1 aliphatic rings. The van der Waals surface area contributed by atoms with Crippen LogP contribution >= 0.6 is 0 Å².